The van der Waals surface area contributed by atoms with Crippen molar-refractivity contribution < 1.29 is 0 Å². The molecule has 1 aromatic carbocycles. The molecular formula is C17H29IN4S. The zero-order valence-corrected chi connectivity index (χ0v) is 17.3. The van der Waals surface area contributed by atoms with Gasteiger partial charge < -0.3 is 15.5 Å². The maximum atomic E-state index is 4.31. The molecule has 2 rings (SSSR count). The molecular weight excluding hydrogens is 419 g/mol. The van der Waals surface area contributed by atoms with Gasteiger partial charge in [-0.1, -0.05) is 18.2 Å². The molecule has 1 aliphatic rings. The van der Waals surface area contributed by atoms with Crippen LogP contribution in [0.25, 0.3) is 0 Å². The first-order valence-electron chi connectivity index (χ1n) is 8.09. The molecule has 0 radical (unpaired) electrons. The van der Waals surface area contributed by atoms with E-state index in [2.05, 4.69) is 57.9 Å². The number of thioether (sulfide) groups is 1. The van der Waals surface area contributed by atoms with Gasteiger partial charge in [-0.15, -0.1) is 35.7 Å². The average Bonchev–Trinajstić information content (AvgIpc) is 2.55. The highest BCUT2D eigenvalue weighted by Crippen LogP contribution is 2.16. The number of aliphatic imine (C=N–C) groups is 1. The van der Waals surface area contributed by atoms with E-state index in [1.807, 2.05) is 18.8 Å². The fraction of sp³-hybridized carbons (Fsp3) is 0.588. The maximum Gasteiger partial charge on any atom is 0.191 e. The van der Waals surface area contributed by atoms with Crippen LogP contribution in [0.15, 0.2) is 40.2 Å². The van der Waals surface area contributed by atoms with E-state index in [9.17, 15) is 0 Å². The van der Waals surface area contributed by atoms with Gasteiger partial charge in [-0.25, -0.2) is 0 Å². The number of benzene rings is 1. The Labute approximate surface area is 161 Å². The molecule has 1 aliphatic heterocycles. The predicted octanol–water partition coefficient (Wildman–Crippen LogP) is 2.90. The Balaban J connectivity index is 0.00000264. The quantitative estimate of drug-likeness (QED) is 0.231. The summed E-state index contributed by atoms with van der Waals surface area (Å²) in [7, 11) is 4.05. The summed E-state index contributed by atoms with van der Waals surface area (Å²) in [6, 6.07) is 10.5. The van der Waals surface area contributed by atoms with Crippen molar-refractivity contribution in [3.8, 4) is 0 Å². The van der Waals surface area contributed by atoms with E-state index < -0.39 is 0 Å². The maximum absolute atomic E-state index is 4.31. The summed E-state index contributed by atoms with van der Waals surface area (Å²) in [5.41, 5.74) is 0. The Bertz CT molecular complexity index is 455. The molecule has 1 atom stereocenters. The summed E-state index contributed by atoms with van der Waals surface area (Å²) >= 11 is 1.87. The van der Waals surface area contributed by atoms with E-state index in [1.54, 1.807) is 0 Å². The number of rotatable bonds is 6. The van der Waals surface area contributed by atoms with Crippen molar-refractivity contribution in [1.29, 1.82) is 0 Å². The van der Waals surface area contributed by atoms with Crippen LogP contribution in [0.5, 0.6) is 0 Å². The van der Waals surface area contributed by atoms with Gasteiger partial charge in [0.05, 0.1) is 0 Å². The highest BCUT2D eigenvalue weighted by molar-refractivity contribution is 14.0. The SMILES string of the molecule is CN=C(NCCSc1ccccc1)NCC1CCCN(C)C1.I. The molecule has 1 unspecified atom stereocenters. The highest BCUT2D eigenvalue weighted by atomic mass is 127. The van der Waals surface area contributed by atoms with Crippen molar-refractivity contribution in [2.24, 2.45) is 10.9 Å². The van der Waals surface area contributed by atoms with Gasteiger partial charge in [0, 0.05) is 37.3 Å². The van der Waals surface area contributed by atoms with E-state index >= 15 is 0 Å². The Kier molecular flexibility index (Phi) is 10.7. The standard InChI is InChI=1S/C17H28N4S.HI/c1-18-17(20-13-15-7-6-11-21(2)14-15)19-10-12-22-16-8-4-3-5-9-16;/h3-5,8-9,15H,6-7,10-14H2,1-2H3,(H2,18,19,20);1H. The Morgan fingerprint density at radius 1 is 1.30 bits per heavy atom. The molecule has 1 heterocycles. The minimum atomic E-state index is 0. The van der Waals surface area contributed by atoms with Crippen LogP contribution < -0.4 is 10.6 Å². The number of nitrogens with zero attached hydrogens (tertiary/aromatic N) is 2. The topological polar surface area (TPSA) is 39.7 Å². The fourth-order valence-corrected chi connectivity index (χ4v) is 3.55. The lowest BCUT2D eigenvalue weighted by Gasteiger charge is -2.30. The van der Waals surface area contributed by atoms with Gasteiger partial charge in [-0.05, 0) is 44.5 Å². The van der Waals surface area contributed by atoms with Gasteiger partial charge in [0.1, 0.15) is 0 Å². The molecule has 0 amide bonds. The number of piperidine rings is 1. The van der Waals surface area contributed by atoms with E-state index in [1.165, 1.54) is 30.8 Å². The minimum absolute atomic E-state index is 0. The molecule has 6 heteroatoms. The molecule has 0 saturated carbocycles. The largest absolute Gasteiger partial charge is 0.356 e. The zero-order valence-electron chi connectivity index (χ0n) is 14.1. The van der Waals surface area contributed by atoms with E-state index in [0.29, 0.717) is 0 Å². The van der Waals surface area contributed by atoms with E-state index in [-0.39, 0.29) is 24.0 Å². The summed E-state index contributed by atoms with van der Waals surface area (Å²) in [4.78, 5) is 8.04. The number of hydrogen-bond donors (Lipinski definition) is 2. The first-order valence-corrected chi connectivity index (χ1v) is 9.07. The Morgan fingerprint density at radius 2 is 2.09 bits per heavy atom. The second kappa shape index (κ2) is 12.0. The van der Waals surface area contributed by atoms with Crippen molar-refractivity contribution in [2.45, 2.75) is 17.7 Å². The second-order valence-electron chi connectivity index (χ2n) is 5.81. The first-order chi connectivity index (χ1) is 10.8. The summed E-state index contributed by atoms with van der Waals surface area (Å²) in [6.45, 7) is 4.35. The van der Waals surface area contributed by atoms with Crippen LogP contribution in [0.3, 0.4) is 0 Å². The molecule has 4 nitrogen and oxygen atoms in total. The van der Waals surface area contributed by atoms with Crippen LogP contribution in [0.2, 0.25) is 0 Å². The number of likely N-dealkylation sites (tertiary alicyclic amines) is 1. The van der Waals surface area contributed by atoms with Crippen LogP contribution >= 0.6 is 35.7 Å². The first kappa shape index (κ1) is 20.6. The van der Waals surface area contributed by atoms with Gasteiger partial charge in [0.25, 0.3) is 0 Å². The normalized spacial score (nSPS) is 19.0. The lowest BCUT2D eigenvalue weighted by molar-refractivity contribution is 0.210. The second-order valence-corrected chi connectivity index (χ2v) is 6.98. The lowest BCUT2D eigenvalue weighted by Crippen LogP contribution is -2.44. The van der Waals surface area contributed by atoms with Crippen LogP contribution in [0, 0.1) is 5.92 Å². The fourth-order valence-electron chi connectivity index (χ4n) is 2.76. The van der Waals surface area contributed by atoms with Crippen LogP contribution in [-0.2, 0) is 0 Å². The molecule has 0 bridgehead atoms. The van der Waals surface area contributed by atoms with Gasteiger partial charge in [0.15, 0.2) is 5.96 Å². The van der Waals surface area contributed by atoms with Gasteiger partial charge in [0.2, 0.25) is 0 Å². The van der Waals surface area contributed by atoms with Crippen LogP contribution in [-0.4, -0.2) is 56.9 Å². The van der Waals surface area contributed by atoms with Crippen LogP contribution in [0.4, 0.5) is 0 Å². The lowest BCUT2D eigenvalue weighted by atomic mass is 9.99. The monoisotopic (exact) mass is 448 g/mol. The summed E-state index contributed by atoms with van der Waals surface area (Å²) in [6.07, 6.45) is 2.63. The minimum Gasteiger partial charge on any atom is -0.356 e. The molecule has 0 aromatic heterocycles. The third kappa shape index (κ3) is 8.26. The van der Waals surface area contributed by atoms with E-state index in [0.717, 1.165) is 30.7 Å². The average molecular weight is 448 g/mol. The molecule has 1 aromatic rings. The summed E-state index contributed by atoms with van der Waals surface area (Å²) < 4.78 is 0. The molecule has 23 heavy (non-hydrogen) atoms. The van der Waals surface area contributed by atoms with E-state index in [4.69, 9.17) is 0 Å². The molecule has 1 fully saturated rings. The van der Waals surface area contributed by atoms with Gasteiger partial charge in [-0.3, -0.25) is 4.99 Å². The molecule has 0 aliphatic carbocycles. The van der Waals surface area contributed by atoms with Crippen LogP contribution in [0.1, 0.15) is 12.8 Å². The Morgan fingerprint density at radius 3 is 2.78 bits per heavy atom. The Hall–Kier alpha value is -0.470. The molecule has 130 valence electrons. The van der Waals surface area contributed by atoms with Gasteiger partial charge in [-0.2, -0.15) is 0 Å². The smallest absolute Gasteiger partial charge is 0.191 e. The number of halogens is 1. The summed E-state index contributed by atoms with van der Waals surface area (Å²) in [5, 5.41) is 6.86. The van der Waals surface area contributed by atoms with Crippen molar-refractivity contribution in [2.75, 3.05) is 46.0 Å². The zero-order chi connectivity index (χ0) is 15.6. The molecule has 2 N–H and O–H groups in total. The third-order valence-electron chi connectivity index (χ3n) is 3.91. The molecule has 1 saturated heterocycles. The van der Waals surface area contributed by atoms with Crippen molar-refractivity contribution >= 4 is 41.7 Å². The van der Waals surface area contributed by atoms with Crippen molar-refractivity contribution in [3.05, 3.63) is 30.3 Å². The number of guanidine groups is 1. The van der Waals surface area contributed by atoms with Gasteiger partial charge >= 0.3 is 0 Å². The summed E-state index contributed by atoms with van der Waals surface area (Å²) in [5.74, 6) is 2.69. The highest BCUT2D eigenvalue weighted by Gasteiger charge is 2.17. The van der Waals surface area contributed by atoms with Crippen molar-refractivity contribution in [3.63, 3.8) is 0 Å². The molecule has 0 spiro atoms. The third-order valence-corrected chi connectivity index (χ3v) is 4.92. The predicted molar refractivity (Wildman–Crippen MR) is 112 cm³/mol. The number of hydrogen-bond acceptors (Lipinski definition) is 3. The number of nitrogens with one attached hydrogen (secondary N) is 2. The van der Waals surface area contributed by atoms with Crippen molar-refractivity contribution in [1.82, 2.24) is 15.5 Å².